The third-order valence-electron chi connectivity index (χ3n) is 1.93. The molecule has 0 fully saturated rings. The Labute approximate surface area is 65.2 Å². The molecular weight excluding hydrogens is 140 g/mol. The van der Waals surface area contributed by atoms with E-state index in [1.807, 2.05) is 11.3 Å². The Morgan fingerprint density at radius 1 is 1.40 bits per heavy atom. The highest BCUT2D eigenvalue weighted by molar-refractivity contribution is 7.10. The number of rotatable bonds is 0. The van der Waals surface area contributed by atoms with E-state index in [4.69, 9.17) is 0 Å². The molecule has 0 atom stereocenters. The lowest BCUT2D eigenvalue weighted by atomic mass is 10.0. The maximum absolute atomic E-state index is 2.30. The summed E-state index contributed by atoms with van der Waals surface area (Å²) >= 11 is 1.88. The van der Waals surface area contributed by atoms with Crippen LogP contribution in [-0.4, -0.2) is 0 Å². The van der Waals surface area contributed by atoms with Gasteiger partial charge in [-0.25, -0.2) is 0 Å². The lowest BCUT2D eigenvalue weighted by Gasteiger charge is -2.07. The van der Waals surface area contributed by atoms with Crippen molar-refractivity contribution in [3.63, 3.8) is 0 Å². The van der Waals surface area contributed by atoms with Crippen LogP contribution in [0.4, 0.5) is 0 Å². The second-order valence-electron chi connectivity index (χ2n) is 2.79. The highest BCUT2D eigenvalue weighted by Gasteiger charge is 2.07. The Balaban J connectivity index is 2.50. The van der Waals surface area contributed by atoms with Crippen LogP contribution in [0, 0.1) is 0 Å². The van der Waals surface area contributed by atoms with E-state index in [-0.39, 0.29) is 0 Å². The molecule has 0 aliphatic heterocycles. The predicted molar refractivity (Wildman–Crippen MR) is 46.3 cm³/mol. The van der Waals surface area contributed by atoms with Crippen LogP contribution in [0.25, 0.3) is 6.08 Å². The molecule has 0 N–H and O–H groups in total. The van der Waals surface area contributed by atoms with Gasteiger partial charge in [0.2, 0.25) is 0 Å². The van der Waals surface area contributed by atoms with Gasteiger partial charge in [-0.2, -0.15) is 0 Å². The van der Waals surface area contributed by atoms with E-state index in [0.29, 0.717) is 0 Å². The number of allylic oxidation sites excluding steroid dienone is 1. The molecule has 0 bridgehead atoms. The smallest absolute Gasteiger partial charge is 0.0121 e. The number of aryl methyl sites for hydroxylation is 1. The minimum Gasteiger partial charge on any atom is -0.148 e. The van der Waals surface area contributed by atoms with Crippen molar-refractivity contribution in [1.29, 1.82) is 0 Å². The highest BCUT2D eigenvalue weighted by Crippen LogP contribution is 2.27. The first-order chi connectivity index (χ1) is 4.86. The molecule has 1 aliphatic carbocycles. The molecule has 0 spiro atoms. The van der Waals surface area contributed by atoms with E-state index in [9.17, 15) is 0 Å². The molecule has 1 aliphatic rings. The van der Waals surface area contributed by atoms with Crippen molar-refractivity contribution in [3.8, 4) is 0 Å². The van der Waals surface area contributed by atoms with Crippen LogP contribution in [0.2, 0.25) is 0 Å². The molecule has 1 heteroatoms. The minimum atomic E-state index is 1.26. The fourth-order valence-electron chi connectivity index (χ4n) is 1.33. The van der Waals surface area contributed by atoms with E-state index >= 15 is 0 Å². The van der Waals surface area contributed by atoms with Crippen molar-refractivity contribution in [3.05, 3.63) is 27.5 Å². The highest BCUT2D eigenvalue weighted by atomic mass is 32.1. The lowest BCUT2D eigenvalue weighted by Crippen LogP contribution is -1.91. The third kappa shape index (κ3) is 0.907. The summed E-state index contributed by atoms with van der Waals surface area (Å²) in [5.74, 6) is 0. The largest absolute Gasteiger partial charge is 0.148 e. The monoisotopic (exact) mass is 150 g/mol. The van der Waals surface area contributed by atoms with Crippen LogP contribution in [0.5, 0.6) is 0 Å². The Hall–Kier alpha value is -0.560. The molecule has 0 unspecified atom stereocenters. The summed E-state index contributed by atoms with van der Waals surface area (Å²) in [6.07, 6.45) is 4.82. The van der Waals surface area contributed by atoms with Crippen molar-refractivity contribution in [1.82, 2.24) is 0 Å². The van der Waals surface area contributed by atoms with Crippen molar-refractivity contribution in [2.24, 2.45) is 0 Å². The van der Waals surface area contributed by atoms with Gasteiger partial charge in [0.1, 0.15) is 0 Å². The third-order valence-corrected chi connectivity index (χ3v) is 2.92. The van der Waals surface area contributed by atoms with Crippen LogP contribution in [0.3, 0.4) is 0 Å². The summed E-state index contributed by atoms with van der Waals surface area (Å²) in [7, 11) is 0. The van der Waals surface area contributed by atoms with E-state index < -0.39 is 0 Å². The first-order valence-corrected chi connectivity index (χ1v) is 4.48. The summed E-state index contributed by atoms with van der Waals surface area (Å²) in [5.41, 5.74) is 2.97. The van der Waals surface area contributed by atoms with Gasteiger partial charge < -0.3 is 0 Å². The first kappa shape index (κ1) is 6.17. The minimum absolute atomic E-state index is 1.26. The molecule has 0 radical (unpaired) electrons. The molecule has 0 aromatic carbocycles. The predicted octanol–water partition coefficient (Wildman–Crippen LogP) is 3.10. The Bertz CT molecular complexity index is 268. The van der Waals surface area contributed by atoms with Gasteiger partial charge in [-0.15, -0.1) is 11.3 Å². The zero-order valence-corrected chi connectivity index (χ0v) is 6.87. The number of thiophene rings is 1. The molecule has 1 heterocycles. The average molecular weight is 150 g/mol. The van der Waals surface area contributed by atoms with Gasteiger partial charge in [-0.05, 0) is 36.8 Å². The van der Waals surface area contributed by atoms with Crippen LogP contribution in [-0.2, 0) is 6.42 Å². The van der Waals surface area contributed by atoms with Crippen molar-refractivity contribution in [2.45, 2.75) is 19.8 Å². The quantitative estimate of drug-likeness (QED) is 0.533. The zero-order chi connectivity index (χ0) is 6.97. The maximum atomic E-state index is 2.30. The summed E-state index contributed by atoms with van der Waals surface area (Å²) in [6, 6.07) is 2.21. The van der Waals surface area contributed by atoms with E-state index in [1.165, 1.54) is 24.0 Å². The Morgan fingerprint density at radius 3 is 3.20 bits per heavy atom. The average Bonchev–Trinajstić information content (AvgIpc) is 2.33. The van der Waals surface area contributed by atoms with Gasteiger partial charge in [-0.1, -0.05) is 11.6 Å². The molecule has 0 nitrogen and oxygen atoms in total. The molecule has 0 amide bonds. The SMILES string of the molecule is CC1=Cc2ccsc2CC1. The van der Waals surface area contributed by atoms with E-state index in [2.05, 4.69) is 24.4 Å². The topological polar surface area (TPSA) is 0 Å². The van der Waals surface area contributed by atoms with Crippen molar-refractivity contribution < 1.29 is 0 Å². The molecule has 52 valence electrons. The van der Waals surface area contributed by atoms with E-state index in [0.717, 1.165) is 0 Å². The Kier molecular flexibility index (Phi) is 1.38. The second-order valence-corrected chi connectivity index (χ2v) is 3.79. The summed E-state index contributed by atoms with van der Waals surface area (Å²) < 4.78 is 0. The maximum Gasteiger partial charge on any atom is 0.0121 e. The summed E-state index contributed by atoms with van der Waals surface area (Å²) in [4.78, 5) is 1.56. The summed E-state index contributed by atoms with van der Waals surface area (Å²) in [6.45, 7) is 2.21. The van der Waals surface area contributed by atoms with Gasteiger partial charge in [0.25, 0.3) is 0 Å². The zero-order valence-electron chi connectivity index (χ0n) is 6.05. The molecule has 0 saturated heterocycles. The van der Waals surface area contributed by atoms with Crippen LogP contribution in [0.1, 0.15) is 23.8 Å². The number of fused-ring (bicyclic) bond motifs is 1. The van der Waals surface area contributed by atoms with Crippen LogP contribution < -0.4 is 0 Å². The van der Waals surface area contributed by atoms with Crippen molar-refractivity contribution >= 4 is 17.4 Å². The molecule has 10 heavy (non-hydrogen) atoms. The van der Waals surface area contributed by atoms with Gasteiger partial charge in [0.15, 0.2) is 0 Å². The lowest BCUT2D eigenvalue weighted by molar-refractivity contribution is 0.948. The van der Waals surface area contributed by atoms with Gasteiger partial charge >= 0.3 is 0 Å². The van der Waals surface area contributed by atoms with Gasteiger partial charge in [0, 0.05) is 4.88 Å². The van der Waals surface area contributed by atoms with Gasteiger partial charge in [0.05, 0.1) is 0 Å². The molecule has 1 aromatic heterocycles. The van der Waals surface area contributed by atoms with Crippen LogP contribution in [0.15, 0.2) is 17.0 Å². The van der Waals surface area contributed by atoms with Crippen LogP contribution >= 0.6 is 11.3 Å². The standard InChI is InChI=1S/C9H10S/c1-7-2-3-9-8(6-7)4-5-10-9/h4-6H,2-3H2,1H3. The molecular formula is C9H10S. The van der Waals surface area contributed by atoms with Gasteiger partial charge in [-0.3, -0.25) is 0 Å². The molecule has 0 saturated carbocycles. The normalized spacial score (nSPS) is 16.3. The molecule has 1 aromatic rings. The van der Waals surface area contributed by atoms with Crippen molar-refractivity contribution in [2.75, 3.05) is 0 Å². The number of hydrogen-bond acceptors (Lipinski definition) is 1. The summed E-state index contributed by atoms with van der Waals surface area (Å²) in [5, 5.41) is 2.18. The van der Waals surface area contributed by atoms with E-state index in [1.54, 1.807) is 4.88 Å². The fraction of sp³-hybridized carbons (Fsp3) is 0.333. The number of hydrogen-bond donors (Lipinski definition) is 0. The second kappa shape index (κ2) is 2.24. The molecule has 2 rings (SSSR count). The first-order valence-electron chi connectivity index (χ1n) is 3.60. The Morgan fingerprint density at radius 2 is 2.30 bits per heavy atom. The fourth-order valence-corrected chi connectivity index (χ4v) is 2.19.